The molecule has 0 saturated carbocycles. The van der Waals surface area contributed by atoms with Crippen molar-refractivity contribution in [2.24, 2.45) is 0 Å². The Morgan fingerprint density at radius 2 is 2.10 bits per heavy atom. The van der Waals surface area contributed by atoms with E-state index in [1.165, 1.54) is 0 Å². The van der Waals surface area contributed by atoms with E-state index in [1.807, 2.05) is 0 Å². The normalized spacial score (nSPS) is 16.3. The number of aryl methyl sites for hydroxylation is 1. The van der Waals surface area contributed by atoms with Crippen molar-refractivity contribution in [3.63, 3.8) is 0 Å². The van der Waals surface area contributed by atoms with E-state index in [0.717, 1.165) is 54.0 Å². The van der Waals surface area contributed by atoms with Gasteiger partial charge in [-0.2, -0.15) is 0 Å². The van der Waals surface area contributed by atoms with Crippen LogP contribution >= 0.6 is 27.5 Å². The highest BCUT2D eigenvalue weighted by molar-refractivity contribution is 9.10. The van der Waals surface area contributed by atoms with Crippen LogP contribution in [-0.4, -0.2) is 34.2 Å². The topological polar surface area (TPSA) is 59.9 Å². The lowest BCUT2D eigenvalue weighted by Crippen LogP contribution is -2.29. The summed E-state index contributed by atoms with van der Waals surface area (Å²) in [7, 11) is 0. The zero-order chi connectivity index (χ0) is 14.8. The Morgan fingerprint density at radius 3 is 2.81 bits per heavy atom. The van der Waals surface area contributed by atoms with Gasteiger partial charge >= 0.3 is 0 Å². The molecule has 21 heavy (non-hydrogen) atoms. The summed E-state index contributed by atoms with van der Waals surface area (Å²) in [6.07, 6.45) is 4.42. The van der Waals surface area contributed by atoms with Crippen molar-refractivity contribution in [1.29, 1.82) is 0 Å². The van der Waals surface area contributed by atoms with Gasteiger partial charge in [0.05, 0.1) is 10.2 Å². The molecule has 7 heteroatoms. The van der Waals surface area contributed by atoms with Crippen molar-refractivity contribution >= 4 is 44.4 Å². The van der Waals surface area contributed by atoms with Crippen molar-refractivity contribution in [1.82, 2.24) is 15.0 Å². The molecular weight excluding hydrogens is 356 g/mol. The summed E-state index contributed by atoms with van der Waals surface area (Å²) >= 11 is 9.60. The number of halogens is 2. The third kappa shape index (κ3) is 3.12. The Labute approximate surface area is 136 Å². The van der Waals surface area contributed by atoms with E-state index in [0.29, 0.717) is 16.7 Å². The summed E-state index contributed by atoms with van der Waals surface area (Å²) in [5.41, 5.74) is 2.29. The van der Waals surface area contributed by atoms with Gasteiger partial charge in [-0.15, -0.1) is 0 Å². The predicted octanol–water partition coefficient (Wildman–Crippen LogP) is 3.59. The Kier molecular flexibility index (Phi) is 4.57. The number of nitrogens with one attached hydrogen (secondary N) is 1. The van der Waals surface area contributed by atoms with Crippen LogP contribution in [-0.2, 0) is 11.2 Å². The van der Waals surface area contributed by atoms with E-state index >= 15 is 0 Å². The SMILES string of the molecule is CCc1nc2c(Cl)ncc(Br)c2nc1NC1CCOCC1. The van der Waals surface area contributed by atoms with Crippen molar-refractivity contribution in [2.45, 2.75) is 32.2 Å². The Bertz CT molecular complexity index is 661. The number of aromatic nitrogens is 3. The average molecular weight is 372 g/mol. The molecular formula is C14H16BrClN4O. The lowest BCUT2D eigenvalue weighted by molar-refractivity contribution is 0.0903. The molecule has 2 aromatic rings. The maximum Gasteiger partial charge on any atom is 0.156 e. The van der Waals surface area contributed by atoms with Crippen molar-refractivity contribution in [3.8, 4) is 0 Å². The largest absolute Gasteiger partial charge is 0.381 e. The van der Waals surface area contributed by atoms with E-state index in [1.54, 1.807) is 6.20 Å². The standard InChI is InChI=1S/C14H16BrClN4O/c1-2-10-14(18-8-3-5-21-6-4-8)20-11-9(15)7-17-13(16)12(11)19-10/h7-8H,2-6H2,1H3,(H,18,20). The molecule has 0 radical (unpaired) electrons. The summed E-state index contributed by atoms with van der Waals surface area (Å²) in [5, 5.41) is 3.88. The van der Waals surface area contributed by atoms with Crippen LogP contribution in [0.4, 0.5) is 5.82 Å². The molecule has 1 fully saturated rings. The highest BCUT2D eigenvalue weighted by Gasteiger charge is 2.18. The third-order valence-corrected chi connectivity index (χ3v) is 4.43. The van der Waals surface area contributed by atoms with Crippen LogP contribution in [0.1, 0.15) is 25.5 Å². The molecule has 0 aliphatic carbocycles. The molecule has 0 unspecified atom stereocenters. The molecule has 1 aliphatic heterocycles. The van der Waals surface area contributed by atoms with Gasteiger partial charge in [0.2, 0.25) is 0 Å². The molecule has 0 amide bonds. The first kappa shape index (κ1) is 14.9. The number of hydrogen-bond acceptors (Lipinski definition) is 5. The fraction of sp³-hybridized carbons (Fsp3) is 0.500. The van der Waals surface area contributed by atoms with Crippen LogP contribution in [0, 0.1) is 0 Å². The molecule has 2 aromatic heterocycles. The first-order valence-corrected chi connectivity index (χ1v) is 8.21. The van der Waals surface area contributed by atoms with Gasteiger partial charge in [-0.3, -0.25) is 0 Å². The number of anilines is 1. The van der Waals surface area contributed by atoms with Crippen LogP contribution in [0.5, 0.6) is 0 Å². The summed E-state index contributed by atoms with van der Waals surface area (Å²) in [6.45, 7) is 3.64. The van der Waals surface area contributed by atoms with Gasteiger partial charge in [-0.1, -0.05) is 18.5 Å². The second-order valence-corrected chi connectivity index (χ2v) is 6.21. The van der Waals surface area contributed by atoms with E-state index in [4.69, 9.17) is 21.3 Å². The number of nitrogens with zero attached hydrogens (tertiary/aromatic N) is 3. The fourth-order valence-electron chi connectivity index (χ4n) is 2.41. The minimum atomic E-state index is 0.381. The van der Waals surface area contributed by atoms with Crippen LogP contribution in [0.3, 0.4) is 0 Å². The van der Waals surface area contributed by atoms with E-state index in [-0.39, 0.29) is 0 Å². The van der Waals surface area contributed by atoms with Gasteiger partial charge < -0.3 is 10.1 Å². The molecule has 5 nitrogen and oxygen atoms in total. The molecule has 0 bridgehead atoms. The number of hydrogen-bond donors (Lipinski definition) is 1. The van der Waals surface area contributed by atoms with Gasteiger partial charge in [0.1, 0.15) is 16.9 Å². The van der Waals surface area contributed by atoms with Gasteiger partial charge in [0.25, 0.3) is 0 Å². The van der Waals surface area contributed by atoms with Gasteiger partial charge in [-0.05, 0) is 35.2 Å². The monoisotopic (exact) mass is 370 g/mol. The summed E-state index contributed by atoms with van der Waals surface area (Å²) in [4.78, 5) is 13.5. The van der Waals surface area contributed by atoms with Crippen LogP contribution in [0.15, 0.2) is 10.7 Å². The van der Waals surface area contributed by atoms with E-state index in [9.17, 15) is 0 Å². The molecule has 0 aromatic carbocycles. The van der Waals surface area contributed by atoms with Crippen molar-refractivity contribution < 1.29 is 4.74 Å². The smallest absolute Gasteiger partial charge is 0.156 e. The summed E-state index contributed by atoms with van der Waals surface area (Å²) in [6, 6.07) is 0.381. The Morgan fingerprint density at radius 1 is 1.33 bits per heavy atom. The Balaban J connectivity index is 2.02. The zero-order valence-corrected chi connectivity index (χ0v) is 14.0. The molecule has 1 N–H and O–H groups in total. The van der Waals surface area contributed by atoms with Crippen molar-refractivity contribution in [3.05, 3.63) is 21.5 Å². The van der Waals surface area contributed by atoms with Crippen LogP contribution < -0.4 is 5.32 Å². The maximum atomic E-state index is 6.13. The average Bonchev–Trinajstić information content (AvgIpc) is 2.52. The molecule has 1 saturated heterocycles. The lowest BCUT2D eigenvalue weighted by Gasteiger charge is -2.24. The van der Waals surface area contributed by atoms with Gasteiger partial charge in [0.15, 0.2) is 5.15 Å². The molecule has 0 spiro atoms. The molecule has 0 atom stereocenters. The molecule has 1 aliphatic rings. The minimum absolute atomic E-state index is 0.381. The fourth-order valence-corrected chi connectivity index (χ4v) is 2.97. The first-order valence-electron chi connectivity index (χ1n) is 7.04. The van der Waals surface area contributed by atoms with E-state index < -0.39 is 0 Å². The number of rotatable bonds is 3. The van der Waals surface area contributed by atoms with Crippen LogP contribution in [0.2, 0.25) is 5.15 Å². The highest BCUT2D eigenvalue weighted by atomic mass is 79.9. The quantitative estimate of drug-likeness (QED) is 0.835. The summed E-state index contributed by atoms with van der Waals surface area (Å²) < 4.78 is 6.19. The van der Waals surface area contributed by atoms with Gasteiger partial charge in [0, 0.05) is 25.5 Å². The highest BCUT2D eigenvalue weighted by Crippen LogP contribution is 2.28. The first-order chi connectivity index (χ1) is 10.2. The molecule has 112 valence electrons. The number of pyridine rings is 1. The molecule has 3 heterocycles. The lowest BCUT2D eigenvalue weighted by atomic mass is 10.1. The second kappa shape index (κ2) is 6.42. The molecule has 3 rings (SSSR count). The number of fused-ring (bicyclic) bond motifs is 1. The van der Waals surface area contributed by atoms with Crippen molar-refractivity contribution in [2.75, 3.05) is 18.5 Å². The number of ether oxygens (including phenoxy) is 1. The van der Waals surface area contributed by atoms with Crippen LogP contribution in [0.25, 0.3) is 11.0 Å². The second-order valence-electron chi connectivity index (χ2n) is 5.00. The predicted molar refractivity (Wildman–Crippen MR) is 86.9 cm³/mol. The summed E-state index contributed by atoms with van der Waals surface area (Å²) in [5.74, 6) is 0.833. The van der Waals surface area contributed by atoms with E-state index in [2.05, 4.69) is 38.1 Å². The maximum absolute atomic E-state index is 6.13. The Hall–Kier alpha value is -0.980. The zero-order valence-electron chi connectivity index (χ0n) is 11.7. The van der Waals surface area contributed by atoms with Gasteiger partial charge in [-0.25, -0.2) is 15.0 Å². The minimum Gasteiger partial charge on any atom is -0.381 e. The third-order valence-electron chi connectivity index (χ3n) is 3.58.